The number of hydrogen-bond acceptors (Lipinski definition) is 11. The number of thiazole rings is 1. The van der Waals surface area contributed by atoms with Gasteiger partial charge in [0.1, 0.15) is 17.9 Å². The minimum absolute atomic E-state index is 0.0844. The van der Waals surface area contributed by atoms with Crippen LogP contribution in [0.1, 0.15) is 25.7 Å². The Morgan fingerprint density at radius 3 is 2.59 bits per heavy atom. The molecule has 3 aliphatic rings. The van der Waals surface area contributed by atoms with Crippen molar-refractivity contribution in [1.82, 2.24) is 30.2 Å². The average Bonchev–Trinajstić information content (AvgIpc) is 3.66. The van der Waals surface area contributed by atoms with Crippen LogP contribution in [0, 0.1) is 5.82 Å². The number of hydrogen-bond donors (Lipinski definition) is 2. The number of anilines is 2. The van der Waals surface area contributed by atoms with Crippen molar-refractivity contribution in [3.8, 4) is 23.0 Å². The van der Waals surface area contributed by atoms with Crippen molar-refractivity contribution in [2.24, 2.45) is 0 Å². The highest BCUT2D eigenvalue weighted by Crippen LogP contribution is 2.41. The third-order valence-electron chi connectivity index (χ3n) is 8.29. The van der Waals surface area contributed by atoms with E-state index in [0.29, 0.717) is 56.0 Å². The lowest BCUT2D eigenvalue weighted by atomic mass is 9.95. The number of nitrogens with one attached hydrogen (secondary N) is 1. The number of piperazine rings is 1. The highest BCUT2D eigenvalue weighted by Gasteiger charge is 2.45. The molecular formula is C27H31FN8O2S. The van der Waals surface area contributed by atoms with Gasteiger partial charge in [0.15, 0.2) is 10.9 Å². The van der Waals surface area contributed by atoms with Gasteiger partial charge in [-0.25, -0.2) is 14.4 Å². The number of nitrogens with zero attached hydrogens (tertiary/aromatic N) is 6. The molecule has 3 N–H and O–H groups in total. The Hall–Kier alpha value is -3.35. The van der Waals surface area contributed by atoms with Gasteiger partial charge in [-0.05, 0) is 57.0 Å². The smallest absolute Gasteiger partial charge is 0.319 e. The monoisotopic (exact) mass is 550 g/mol. The van der Waals surface area contributed by atoms with E-state index in [1.165, 1.54) is 18.9 Å². The van der Waals surface area contributed by atoms with E-state index in [4.69, 9.17) is 30.2 Å². The summed E-state index contributed by atoms with van der Waals surface area (Å²) in [6.45, 7) is 6.15. The first-order valence-electron chi connectivity index (χ1n) is 13.5. The normalized spacial score (nSPS) is 19.2. The van der Waals surface area contributed by atoms with E-state index in [2.05, 4.69) is 20.1 Å². The largest absolute Gasteiger partial charge is 0.481 e. The molecule has 39 heavy (non-hydrogen) atoms. The highest BCUT2D eigenvalue weighted by molar-refractivity contribution is 7.22. The minimum atomic E-state index is -0.359. The lowest BCUT2D eigenvalue weighted by molar-refractivity contribution is 0.108. The van der Waals surface area contributed by atoms with Gasteiger partial charge in [0.25, 0.3) is 0 Å². The molecule has 0 bridgehead atoms. The number of nitrogen functional groups attached to an aromatic ring is 1. The topological polar surface area (TPSA) is 115 Å². The zero-order valence-corrected chi connectivity index (χ0v) is 22.7. The van der Waals surface area contributed by atoms with Gasteiger partial charge < -0.3 is 25.4 Å². The highest BCUT2D eigenvalue weighted by atomic mass is 32.1. The van der Waals surface area contributed by atoms with Crippen molar-refractivity contribution < 1.29 is 13.9 Å². The van der Waals surface area contributed by atoms with Crippen molar-refractivity contribution in [1.29, 1.82) is 0 Å². The molecule has 1 aromatic carbocycles. The predicted molar refractivity (Wildman–Crippen MR) is 150 cm³/mol. The molecule has 3 aliphatic heterocycles. The second-order valence-corrected chi connectivity index (χ2v) is 11.5. The van der Waals surface area contributed by atoms with Crippen LogP contribution in [0.5, 0.6) is 11.9 Å². The van der Waals surface area contributed by atoms with Gasteiger partial charge >= 0.3 is 6.01 Å². The minimum Gasteiger partial charge on any atom is -0.481 e. The Morgan fingerprint density at radius 1 is 1.03 bits per heavy atom. The summed E-state index contributed by atoms with van der Waals surface area (Å²) >= 11 is 1.12. The average molecular weight is 551 g/mol. The summed E-state index contributed by atoms with van der Waals surface area (Å²) in [6, 6.07) is 5.38. The molecule has 0 aliphatic carbocycles. The number of methoxy groups -OCH3 is 1. The fraction of sp³-hybridized carbons (Fsp3) is 0.481. The molecule has 6 heterocycles. The SMILES string of the molecule is COc1nc2c(N3CCNCC3)nc(OCC34CCCN3CCC4)nc2cc1-c1ccc(F)c2sc(N)nc12. The second kappa shape index (κ2) is 9.68. The van der Waals surface area contributed by atoms with E-state index in [9.17, 15) is 4.39 Å². The molecule has 10 nitrogen and oxygen atoms in total. The maximum atomic E-state index is 14.6. The van der Waals surface area contributed by atoms with E-state index in [1.54, 1.807) is 13.2 Å². The first-order chi connectivity index (χ1) is 19.0. The van der Waals surface area contributed by atoms with Crippen LogP contribution in [-0.2, 0) is 0 Å². The number of ether oxygens (including phenoxy) is 2. The van der Waals surface area contributed by atoms with Gasteiger partial charge in [0.05, 0.1) is 28.4 Å². The Morgan fingerprint density at radius 2 is 1.82 bits per heavy atom. The van der Waals surface area contributed by atoms with Crippen molar-refractivity contribution in [2.75, 3.05) is 63.6 Å². The number of rotatable bonds is 6. The maximum absolute atomic E-state index is 14.6. The van der Waals surface area contributed by atoms with Gasteiger partial charge in [-0.3, -0.25) is 4.90 Å². The van der Waals surface area contributed by atoms with Crippen LogP contribution >= 0.6 is 11.3 Å². The summed E-state index contributed by atoms with van der Waals surface area (Å²) in [6.07, 6.45) is 4.69. The Kier molecular flexibility index (Phi) is 6.13. The maximum Gasteiger partial charge on any atom is 0.319 e. The molecule has 12 heteroatoms. The number of nitrogens with two attached hydrogens (primary N) is 1. The molecule has 0 radical (unpaired) electrons. The Bertz CT molecular complexity index is 1550. The van der Waals surface area contributed by atoms with Crippen molar-refractivity contribution in [2.45, 2.75) is 31.2 Å². The van der Waals surface area contributed by atoms with Crippen molar-refractivity contribution >= 4 is 43.5 Å². The molecule has 0 saturated carbocycles. The van der Waals surface area contributed by atoms with Crippen molar-refractivity contribution in [3.63, 3.8) is 0 Å². The fourth-order valence-electron chi connectivity index (χ4n) is 6.39. The van der Waals surface area contributed by atoms with Crippen LogP contribution in [0.4, 0.5) is 15.3 Å². The summed E-state index contributed by atoms with van der Waals surface area (Å²) in [7, 11) is 1.57. The molecule has 0 spiro atoms. The first kappa shape index (κ1) is 24.7. The van der Waals surface area contributed by atoms with Crippen LogP contribution < -0.4 is 25.4 Å². The van der Waals surface area contributed by atoms with E-state index >= 15 is 0 Å². The summed E-state index contributed by atoms with van der Waals surface area (Å²) in [4.78, 5) is 23.8. The molecule has 3 fully saturated rings. The third-order valence-corrected chi connectivity index (χ3v) is 9.18. The van der Waals surface area contributed by atoms with Crippen LogP contribution in [0.25, 0.3) is 32.4 Å². The third kappa shape index (κ3) is 4.21. The molecule has 7 rings (SSSR count). The Balaban J connectivity index is 1.35. The standard InChI is InChI=1S/C27H31FN8O2S/c1-37-24-17(16-4-5-18(28)22-20(16)33-25(29)39-22)14-19-21(32-24)23(35-12-8-30-9-13-35)34-26(31-19)38-15-27-6-2-10-36(27)11-3-7-27/h4-5,14,30H,2-3,6-13,15H2,1H3,(H2,29,33). The second-order valence-electron chi connectivity index (χ2n) is 10.5. The number of fused-ring (bicyclic) bond motifs is 3. The van der Waals surface area contributed by atoms with Gasteiger partial charge in [0, 0.05) is 37.3 Å². The number of benzene rings is 1. The fourth-order valence-corrected chi connectivity index (χ4v) is 7.15. The lowest BCUT2D eigenvalue weighted by Crippen LogP contribution is -2.44. The molecule has 3 aromatic heterocycles. The zero-order chi connectivity index (χ0) is 26.6. The zero-order valence-electron chi connectivity index (χ0n) is 21.9. The van der Waals surface area contributed by atoms with E-state index in [-0.39, 0.29) is 11.4 Å². The van der Waals surface area contributed by atoms with Crippen LogP contribution in [-0.4, -0.2) is 83.4 Å². The van der Waals surface area contributed by atoms with Gasteiger partial charge in [0.2, 0.25) is 5.88 Å². The number of pyridine rings is 1. The van der Waals surface area contributed by atoms with Crippen LogP contribution in [0.2, 0.25) is 0 Å². The predicted octanol–water partition coefficient (Wildman–Crippen LogP) is 3.45. The molecule has 204 valence electrons. The van der Waals surface area contributed by atoms with Crippen molar-refractivity contribution in [3.05, 3.63) is 24.0 Å². The number of aromatic nitrogens is 4. The first-order valence-corrected chi connectivity index (χ1v) is 14.3. The molecule has 0 amide bonds. The van der Waals surface area contributed by atoms with E-state index < -0.39 is 0 Å². The molecule has 0 unspecified atom stereocenters. The summed E-state index contributed by atoms with van der Waals surface area (Å²) < 4.78 is 27.1. The van der Waals surface area contributed by atoms with Crippen LogP contribution in [0.3, 0.4) is 0 Å². The molecule has 3 saturated heterocycles. The van der Waals surface area contributed by atoms with Gasteiger partial charge in [-0.1, -0.05) is 11.3 Å². The Labute approximate surface area is 229 Å². The summed E-state index contributed by atoms with van der Waals surface area (Å²) in [5, 5.41) is 3.70. The summed E-state index contributed by atoms with van der Waals surface area (Å²) in [5.41, 5.74) is 9.14. The van der Waals surface area contributed by atoms with E-state index in [0.717, 1.165) is 69.3 Å². The number of halogens is 1. The van der Waals surface area contributed by atoms with Gasteiger partial charge in [-0.15, -0.1) is 0 Å². The van der Waals surface area contributed by atoms with E-state index in [1.807, 2.05) is 6.07 Å². The molecule has 4 aromatic rings. The summed E-state index contributed by atoms with van der Waals surface area (Å²) in [5.74, 6) is 0.764. The van der Waals surface area contributed by atoms with Gasteiger partial charge in [-0.2, -0.15) is 9.97 Å². The van der Waals surface area contributed by atoms with Crippen LogP contribution in [0.15, 0.2) is 18.2 Å². The molecular weight excluding hydrogens is 519 g/mol. The quantitative estimate of drug-likeness (QED) is 0.370. The molecule has 0 atom stereocenters. The lowest BCUT2D eigenvalue weighted by Gasteiger charge is -2.32.